The number of sulfone groups is 1. The van der Waals surface area contributed by atoms with Crippen molar-refractivity contribution in [3.8, 4) is 11.3 Å². The average Bonchev–Trinajstić information content (AvgIpc) is 3.17. The smallest absolute Gasteiger partial charge is 0.193 e. The molecule has 3 rings (SSSR count). The van der Waals surface area contributed by atoms with Crippen molar-refractivity contribution in [3.05, 3.63) is 42.4 Å². The van der Waals surface area contributed by atoms with E-state index in [0.717, 1.165) is 17.1 Å². The van der Waals surface area contributed by atoms with Gasteiger partial charge in [0.25, 0.3) is 0 Å². The van der Waals surface area contributed by atoms with E-state index >= 15 is 0 Å². The minimum atomic E-state index is -3.24. The first-order valence-corrected chi connectivity index (χ1v) is 11.5. The third-order valence-corrected chi connectivity index (χ3v) is 7.56. The number of rotatable bonds is 6. The second-order valence-corrected chi connectivity index (χ2v) is 9.84. The number of ether oxygens (including phenoxy) is 1. The molecule has 0 atom stereocenters. The Morgan fingerprint density at radius 2 is 2.00 bits per heavy atom. The van der Waals surface area contributed by atoms with Crippen LogP contribution in [0.25, 0.3) is 11.3 Å². The Hall–Kier alpha value is -2.39. The second kappa shape index (κ2) is 8.96. The number of guanidine groups is 1. The Kier molecular flexibility index (Phi) is 6.59. The van der Waals surface area contributed by atoms with Crippen LogP contribution in [-0.2, 0) is 21.1 Å². The lowest BCUT2D eigenvalue weighted by Gasteiger charge is -2.36. The van der Waals surface area contributed by atoms with Gasteiger partial charge in [-0.25, -0.2) is 13.4 Å². The van der Waals surface area contributed by atoms with Gasteiger partial charge in [0.15, 0.2) is 15.8 Å². The predicted octanol–water partition coefficient (Wildman–Crippen LogP) is 1.68. The molecule has 1 aliphatic rings. The van der Waals surface area contributed by atoms with Crippen molar-refractivity contribution in [1.29, 1.82) is 0 Å². The van der Waals surface area contributed by atoms with Crippen LogP contribution in [0.1, 0.15) is 18.7 Å². The number of aromatic nitrogens is 2. The van der Waals surface area contributed by atoms with E-state index in [2.05, 4.69) is 20.3 Å². The van der Waals surface area contributed by atoms with Crippen molar-refractivity contribution in [1.82, 2.24) is 20.2 Å². The molecular formula is C20H29N5O3S. The summed E-state index contributed by atoms with van der Waals surface area (Å²) < 4.78 is 29.4. The Bertz CT molecular complexity index is 934. The number of nitrogens with one attached hydrogen (secondary N) is 2. The summed E-state index contributed by atoms with van der Waals surface area (Å²) in [7, 11) is 0.350. The molecule has 0 spiro atoms. The second-order valence-electron chi connectivity index (χ2n) is 7.43. The lowest BCUT2D eigenvalue weighted by atomic mass is 9.99. The van der Waals surface area contributed by atoms with Crippen LogP contribution in [0.5, 0.6) is 0 Å². The van der Waals surface area contributed by atoms with Crippen LogP contribution >= 0.6 is 0 Å². The third-order valence-electron chi connectivity index (χ3n) is 5.43. The quantitative estimate of drug-likeness (QED) is 0.546. The molecule has 2 N–H and O–H groups in total. The predicted molar refractivity (Wildman–Crippen MR) is 114 cm³/mol. The highest BCUT2D eigenvalue weighted by Crippen LogP contribution is 2.28. The molecule has 29 heavy (non-hydrogen) atoms. The molecule has 0 radical (unpaired) electrons. The molecule has 8 nitrogen and oxygen atoms in total. The van der Waals surface area contributed by atoms with Gasteiger partial charge in [0.05, 0.1) is 23.2 Å². The molecule has 1 saturated heterocycles. The number of benzene rings is 1. The van der Waals surface area contributed by atoms with Gasteiger partial charge in [0.1, 0.15) is 5.82 Å². The molecule has 9 heteroatoms. The van der Waals surface area contributed by atoms with Crippen molar-refractivity contribution in [2.75, 3.05) is 40.1 Å². The summed E-state index contributed by atoms with van der Waals surface area (Å²) >= 11 is 0. The van der Waals surface area contributed by atoms with E-state index in [1.165, 1.54) is 6.26 Å². The number of nitrogens with zero attached hydrogens (tertiary/aromatic N) is 3. The SMILES string of the molecule is CN=C(NCC1(S(C)(=O)=O)CCOCC1)N(C)Cc1ncc(-c2ccccc2)[nH]1. The van der Waals surface area contributed by atoms with E-state index in [1.807, 2.05) is 48.5 Å². The van der Waals surface area contributed by atoms with Gasteiger partial charge < -0.3 is 19.9 Å². The van der Waals surface area contributed by atoms with Crippen LogP contribution in [0, 0.1) is 0 Å². The maximum atomic E-state index is 12.4. The summed E-state index contributed by atoms with van der Waals surface area (Å²) in [5, 5.41) is 3.24. The van der Waals surface area contributed by atoms with Crippen LogP contribution in [0.15, 0.2) is 41.5 Å². The lowest BCUT2D eigenvalue weighted by molar-refractivity contribution is 0.0754. The molecular weight excluding hydrogens is 390 g/mol. The number of hydrogen-bond donors (Lipinski definition) is 2. The van der Waals surface area contributed by atoms with Crippen molar-refractivity contribution in [2.24, 2.45) is 4.99 Å². The third kappa shape index (κ3) is 4.97. The Balaban J connectivity index is 1.65. The molecule has 158 valence electrons. The van der Waals surface area contributed by atoms with Crippen molar-refractivity contribution < 1.29 is 13.2 Å². The van der Waals surface area contributed by atoms with Gasteiger partial charge in [-0.15, -0.1) is 0 Å². The zero-order chi connectivity index (χ0) is 20.9. The maximum absolute atomic E-state index is 12.4. The minimum Gasteiger partial charge on any atom is -0.381 e. The van der Waals surface area contributed by atoms with E-state index in [4.69, 9.17) is 4.74 Å². The largest absolute Gasteiger partial charge is 0.381 e. The van der Waals surface area contributed by atoms with Crippen molar-refractivity contribution >= 4 is 15.8 Å². The summed E-state index contributed by atoms with van der Waals surface area (Å²) in [6, 6.07) is 10.0. The monoisotopic (exact) mass is 419 g/mol. The normalized spacial score (nSPS) is 17.1. The fourth-order valence-corrected chi connectivity index (χ4v) is 4.80. The first-order chi connectivity index (χ1) is 13.8. The first-order valence-electron chi connectivity index (χ1n) is 9.63. The molecule has 2 heterocycles. The Labute approximate surface area is 172 Å². The summed E-state index contributed by atoms with van der Waals surface area (Å²) in [4.78, 5) is 14.0. The first kappa shape index (κ1) is 21.3. The standard InChI is InChI=1S/C20H29N5O3S/c1-21-19(23-15-20(29(3,26)27)9-11-28-12-10-20)25(2)14-18-22-13-17(24-18)16-7-5-4-6-8-16/h4-8,13H,9-12,14-15H2,1-3H3,(H,21,23)(H,22,24). The van der Waals surface area contributed by atoms with Gasteiger partial charge in [0, 0.05) is 40.1 Å². The van der Waals surface area contributed by atoms with Crippen LogP contribution in [0.2, 0.25) is 0 Å². The average molecular weight is 420 g/mol. The van der Waals surface area contributed by atoms with Gasteiger partial charge >= 0.3 is 0 Å². The van der Waals surface area contributed by atoms with Crippen molar-refractivity contribution in [3.63, 3.8) is 0 Å². The zero-order valence-corrected chi connectivity index (χ0v) is 18.0. The maximum Gasteiger partial charge on any atom is 0.193 e. The van der Waals surface area contributed by atoms with Gasteiger partial charge in [-0.2, -0.15) is 0 Å². The molecule has 0 saturated carbocycles. The van der Waals surface area contributed by atoms with E-state index in [1.54, 1.807) is 7.05 Å². The summed E-state index contributed by atoms with van der Waals surface area (Å²) in [6.45, 7) is 1.73. The topological polar surface area (TPSA) is 99.7 Å². The number of aromatic amines is 1. The summed E-state index contributed by atoms with van der Waals surface area (Å²) in [5.74, 6) is 1.43. The fraction of sp³-hybridized carbons (Fsp3) is 0.500. The molecule has 0 bridgehead atoms. The molecule has 0 aliphatic carbocycles. The molecule has 2 aromatic rings. The van der Waals surface area contributed by atoms with Crippen molar-refractivity contribution in [2.45, 2.75) is 24.1 Å². The van der Waals surface area contributed by atoms with Crippen LogP contribution in [0.4, 0.5) is 0 Å². The van der Waals surface area contributed by atoms with E-state index in [0.29, 0.717) is 45.1 Å². The van der Waals surface area contributed by atoms with E-state index in [9.17, 15) is 8.42 Å². The van der Waals surface area contributed by atoms with Crippen LogP contribution in [0.3, 0.4) is 0 Å². The van der Waals surface area contributed by atoms with Crippen LogP contribution < -0.4 is 5.32 Å². The highest BCUT2D eigenvalue weighted by atomic mass is 32.2. The Morgan fingerprint density at radius 3 is 2.62 bits per heavy atom. The van der Waals surface area contributed by atoms with Gasteiger partial charge in [-0.3, -0.25) is 4.99 Å². The fourth-order valence-electron chi connectivity index (χ4n) is 3.55. The van der Waals surface area contributed by atoms with Gasteiger partial charge in [-0.1, -0.05) is 30.3 Å². The molecule has 1 aromatic heterocycles. The van der Waals surface area contributed by atoms with Gasteiger partial charge in [-0.05, 0) is 18.4 Å². The summed E-state index contributed by atoms with van der Waals surface area (Å²) in [5.41, 5.74) is 2.03. The van der Waals surface area contributed by atoms with Crippen LogP contribution in [-0.4, -0.2) is 74.1 Å². The highest BCUT2D eigenvalue weighted by Gasteiger charge is 2.42. The molecule has 0 unspecified atom stereocenters. The number of imidazole rings is 1. The number of hydrogen-bond acceptors (Lipinski definition) is 5. The lowest BCUT2D eigenvalue weighted by Crippen LogP contribution is -2.53. The molecule has 1 fully saturated rings. The van der Waals surface area contributed by atoms with E-state index < -0.39 is 14.6 Å². The number of aliphatic imine (C=N–C) groups is 1. The Morgan fingerprint density at radius 1 is 1.31 bits per heavy atom. The molecule has 1 aliphatic heterocycles. The van der Waals surface area contributed by atoms with E-state index in [-0.39, 0.29) is 0 Å². The molecule has 1 aromatic carbocycles. The highest BCUT2D eigenvalue weighted by molar-refractivity contribution is 7.92. The zero-order valence-electron chi connectivity index (χ0n) is 17.2. The molecule has 0 amide bonds. The minimum absolute atomic E-state index is 0.305. The van der Waals surface area contributed by atoms with Gasteiger partial charge in [0.2, 0.25) is 0 Å². The number of H-pyrrole nitrogens is 1. The summed E-state index contributed by atoms with van der Waals surface area (Å²) in [6.07, 6.45) is 4.09.